The maximum atomic E-state index is 13.2. The number of thiophene rings is 1. The van der Waals surface area contributed by atoms with Gasteiger partial charge < -0.3 is 14.9 Å². The minimum Gasteiger partial charge on any atom is -0.465 e. The molecule has 1 N–H and O–H groups in total. The Bertz CT molecular complexity index is 1210. The van der Waals surface area contributed by atoms with Gasteiger partial charge in [-0.25, -0.2) is 14.8 Å². The highest BCUT2D eigenvalue weighted by atomic mass is 32.1. The highest BCUT2D eigenvalue weighted by Crippen LogP contribution is 2.55. The monoisotopic (exact) mass is 464 g/mol. The van der Waals surface area contributed by atoms with E-state index < -0.39 is 6.09 Å². The maximum Gasteiger partial charge on any atom is 0.407 e. The fourth-order valence-corrected chi connectivity index (χ4v) is 5.78. The van der Waals surface area contributed by atoms with Gasteiger partial charge in [-0.1, -0.05) is 12.1 Å². The Kier molecular flexibility index (Phi) is 5.35. The summed E-state index contributed by atoms with van der Waals surface area (Å²) < 4.78 is 0. The molecule has 2 aromatic heterocycles. The van der Waals surface area contributed by atoms with Crippen LogP contribution in [0.25, 0.3) is 10.2 Å². The van der Waals surface area contributed by atoms with Gasteiger partial charge in [0.25, 0.3) is 5.91 Å². The molecule has 1 aliphatic carbocycles. The summed E-state index contributed by atoms with van der Waals surface area (Å²) in [6, 6.07) is 10.1. The summed E-state index contributed by atoms with van der Waals surface area (Å²) in [5.74, 6) is 1.61. The van der Waals surface area contributed by atoms with Crippen molar-refractivity contribution in [3.05, 3.63) is 58.4 Å². The van der Waals surface area contributed by atoms with Crippen molar-refractivity contribution in [1.29, 1.82) is 0 Å². The zero-order valence-electron chi connectivity index (χ0n) is 19.1. The van der Waals surface area contributed by atoms with Crippen molar-refractivity contribution in [2.45, 2.75) is 50.5 Å². The van der Waals surface area contributed by atoms with Gasteiger partial charge in [0.1, 0.15) is 10.7 Å². The lowest BCUT2D eigenvalue weighted by molar-refractivity contribution is 0.0381. The Morgan fingerprint density at radius 2 is 1.82 bits per heavy atom. The fraction of sp³-hybridized carbons (Fsp3) is 0.440. The number of aryl methyl sites for hydroxylation is 1. The number of carbonyl (C=O) groups excluding carboxylic acids is 1. The van der Waals surface area contributed by atoms with Crippen LogP contribution in [0.3, 0.4) is 0 Å². The molecule has 1 aliphatic heterocycles. The number of piperidine rings is 1. The van der Waals surface area contributed by atoms with Gasteiger partial charge in [0.15, 0.2) is 0 Å². The molecule has 3 heterocycles. The number of fused-ring (bicyclic) bond motifs is 1. The number of benzene rings is 1. The predicted octanol–water partition coefficient (Wildman–Crippen LogP) is 4.88. The zero-order chi connectivity index (χ0) is 23.3. The van der Waals surface area contributed by atoms with Crippen LogP contribution in [0.15, 0.2) is 35.7 Å². The predicted molar refractivity (Wildman–Crippen MR) is 128 cm³/mol. The largest absolute Gasteiger partial charge is 0.465 e. The molecule has 2 amide bonds. The molecule has 0 bridgehead atoms. The molecule has 7 nitrogen and oxygen atoms in total. The van der Waals surface area contributed by atoms with E-state index in [0.29, 0.717) is 43.3 Å². The highest BCUT2D eigenvalue weighted by molar-refractivity contribution is 7.16. The Morgan fingerprint density at radius 3 is 2.48 bits per heavy atom. The van der Waals surface area contributed by atoms with E-state index in [0.717, 1.165) is 28.2 Å². The zero-order valence-corrected chi connectivity index (χ0v) is 19.9. The number of rotatable bonds is 4. The van der Waals surface area contributed by atoms with Crippen LogP contribution in [0, 0.1) is 6.92 Å². The van der Waals surface area contributed by atoms with Crippen LogP contribution < -0.4 is 0 Å². The molecule has 3 aromatic rings. The molecule has 5 rings (SSSR count). The summed E-state index contributed by atoms with van der Waals surface area (Å²) in [7, 11) is 1.83. The van der Waals surface area contributed by atoms with Gasteiger partial charge in [0, 0.05) is 42.5 Å². The smallest absolute Gasteiger partial charge is 0.407 e. The third-order valence-corrected chi connectivity index (χ3v) is 8.23. The molecule has 1 aromatic carbocycles. The summed E-state index contributed by atoms with van der Waals surface area (Å²) in [6.45, 7) is 4.89. The number of hydrogen-bond donors (Lipinski definition) is 1. The first kappa shape index (κ1) is 21.8. The minimum atomic E-state index is -0.892. The van der Waals surface area contributed by atoms with Crippen LogP contribution in [-0.2, 0) is 0 Å². The second kappa shape index (κ2) is 8.09. The molecule has 172 valence electrons. The number of nitrogens with zero attached hydrogens (tertiary/aromatic N) is 4. The van der Waals surface area contributed by atoms with Gasteiger partial charge in [-0.2, -0.15) is 0 Å². The van der Waals surface area contributed by atoms with E-state index >= 15 is 0 Å². The van der Waals surface area contributed by atoms with Crippen LogP contribution in [0.2, 0.25) is 0 Å². The summed E-state index contributed by atoms with van der Waals surface area (Å²) in [6.07, 6.45) is 1.45. The van der Waals surface area contributed by atoms with Gasteiger partial charge in [0.2, 0.25) is 0 Å². The summed E-state index contributed by atoms with van der Waals surface area (Å²) >= 11 is 1.65. The fourth-order valence-electron chi connectivity index (χ4n) is 4.96. The first-order valence-electron chi connectivity index (χ1n) is 11.3. The normalized spacial score (nSPS) is 21.7. The molecular weight excluding hydrogens is 436 g/mol. The minimum absolute atomic E-state index is 0.0217. The van der Waals surface area contributed by atoms with E-state index in [1.807, 2.05) is 33.0 Å². The quantitative estimate of drug-likeness (QED) is 0.595. The Morgan fingerprint density at radius 1 is 1.12 bits per heavy atom. The average molecular weight is 465 g/mol. The first-order valence-corrected chi connectivity index (χ1v) is 12.2. The molecule has 0 radical (unpaired) electrons. The van der Waals surface area contributed by atoms with Gasteiger partial charge in [-0.15, -0.1) is 11.3 Å². The summed E-state index contributed by atoms with van der Waals surface area (Å²) in [5.41, 5.74) is 2.70. The van der Waals surface area contributed by atoms with E-state index in [1.54, 1.807) is 16.2 Å². The Balaban J connectivity index is 1.28. The van der Waals surface area contributed by atoms with Crippen molar-refractivity contribution in [3.63, 3.8) is 0 Å². The lowest BCUT2D eigenvalue weighted by Gasteiger charge is -2.44. The molecule has 8 heteroatoms. The first-order chi connectivity index (χ1) is 15.8. The number of likely N-dealkylation sites (tertiary alicyclic amines) is 1. The summed E-state index contributed by atoms with van der Waals surface area (Å²) in [5, 5.41) is 12.4. The molecule has 2 aliphatic rings. The lowest BCUT2D eigenvalue weighted by atomic mass is 9.87. The van der Waals surface area contributed by atoms with E-state index in [1.165, 1.54) is 10.5 Å². The molecule has 1 saturated heterocycles. The van der Waals surface area contributed by atoms with Crippen LogP contribution in [0.1, 0.15) is 65.5 Å². The number of aromatic nitrogens is 2. The molecule has 2 fully saturated rings. The molecule has 2 atom stereocenters. The van der Waals surface area contributed by atoms with Crippen molar-refractivity contribution < 1.29 is 14.7 Å². The van der Waals surface area contributed by atoms with Crippen LogP contribution in [-0.4, -0.2) is 62.6 Å². The third kappa shape index (κ3) is 3.97. The topological polar surface area (TPSA) is 86.6 Å². The molecule has 0 spiro atoms. The maximum absolute atomic E-state index is 13.2. The molecular formula is C25H28N4O3S. The number of carboxylic acid groups (broad SMARTS) is 1. The van der Waals surface area contributed by atoms with E-state index in [9.17, 15) is 14.7 Å². The van der Waals surface area contributed by atoms with E-state index in [-0.39, 0.29) is 11.4 Å². The summed E-state index contributed by atoms with van der Waals surface area (Å²) in [4.78, 5) is 37.9. The van der Waals surface area contributed by atoms with Gasteiger partial charge in [0.05, 0.1) is 5.69 Å². The van der Waals surface area contributed by atoms with Crippen LogP contribution in [0.4, 0.5) is 4.79 Å². The van der Waals surface area contributed by atoms with E-state index in [4.69, 9.17) is 4.98 Å². The Labute approximate surface area is 197 Å². The highest BCUT2D eigenvalue weighted by Gasteiger charge is 2.42. The Hall–Kier alpha value is -3.00. The molecule has 2 unspecified atom stereocenters. The lowest BCUT2D eigenvalue weighted by Crippen LogP contribution is -2.54. The van der Waals surface area contributed by atoms with Crippen molar-refractivity contribution >= 4 is 33.6 Å². The average Bonchev–Trinajstić information content (AvgIpc) is 3.47. The van der Waals surface area contributed by atoms with E-state index in [2.05, 4.69) is 28.6 Å². The second-order valence-electron chi connectivity index (χ2n) is 9.50. The molecule has 1 saturated carbocycles. The number of hydrogen-bond acceptors (Lipinski definition) is 5. The van der Waals surface area contributed by atoms with Crippen molar-refractivity contribution in [2.75, 3.05) is 20.1 Å². The van der Waals surface area contributed by atoms with Gasteiger partial charge in [-0.3, -0.25) is 4.79 Å². The molecule has 33 heavy (non-hydrogen) atoms. The number of carbonyl (C=O) groups is 2. The standard InChI is InChI=1S/C25H28N4O3S/c1-15-26-21(18-8-13-33-22(18)27-15)20-14-19(20)16-4-6-17(7-5-16)23(30)28(3)25(2)9-11-29(12-10-25)24(31)32/h4-8,13,19-20H,9-12,14H2,1-3H3,(H,31,32). The number of amides is 2. The van der Waals surface area contributed by atoms with Crippen LogP contribution >= 0.6 is 11.3 Å². The van der Waals surface area contributed by atoms with Crippen molar-refractivity contribution in [1.82, 2.24) is 19.8 Å². The van der Waals surface area contributed by atoms with Gasteiger partial charge >= 0.3 is 6.09 Å². The van der Waals surface area contributed by atoms with Gasteiger partial charge in [-0.05, 0) is 68.2 Å². The van der Waals surface area contributed by atoms with Crippen molar-refractivity contribution in [3.8, 4) is 0 Å². The van der Waals surface area contributed by atoms with Crippen LogP contribution in [0.5, 0.6) is 0 Å². The SMILES string of the molecule is Cc1nc(C2CC2c2ccc(C(=O)N(C)C3(C)CCN(C(=O)O)CC3)cc2)c2ccsc2n1. The third-order valence-electron chi connectivity index (χ3n) is 7.42. The second-order valence-corrected chi connectivity index (χ2v) is 10.4. The van der Waals surface area contributed by atoms with Crippen molar-refractivity contribution in [2.24, 2.45) is 0 Å².